The van der Waals surface area contributed by atoms with Gasteiger partial charge in [-0.25, -0.2) is 9.78 Å². The Bertz CT molecular complexity index is 847. The number of nitrogens with zero attached hydrogens (tertiary/aromatic N) is 1. The fraction of sp³-hybridized carbons (Fsp3) is 0.263. The second-order valence-corrected chi connectivity index (χ2v) is 11.6. The molecule has 6 heteroatoms. The van der Waals surface area contributed by atoms with Gasteiger partial charge in [-0.2, -0.15) is 0 Å². The molecule has 0 aliphatic rings. The number of rotatable bonds is 3. The quantitative estimate of drug-likeness (QED) is 0.381. The van der Waals surface area contributed by atoms with Gasteiger partial charge in [0.25, 0.3) is 0 Å². The molecule has 0 saturated carbocycles. The maximum absolute atomic E-state index is 12.0. The summed E-state index contributed by atoms with van der Waals surface area (Å²) < 4.78 is 4.82. The molecule has 2 rings (SSSR count). The zero-order valence-corrected chi connectivity index (χ0v) is 16.6. The molecule has 0 bridgehead atoms. The zero-order valence-electron chi connectivity index (χ0n) is 14.8. The molecule has 1 aromatic carbocycles. The second kappa shape index (κ2) is 7.73. The number of hydrogen-bond donors (Lipinski definition) is 1. The van der Waals surface area contributed by atoms with Gasteiger partial charge in [0.05, 0.1) is 13.0 Å². The number of halogens is 1. The molecule has 2 N–H and O–H groups in total. The van der Waals surface area contributed by atoms with Gasteiger partial charge in [0.15, 0.2) is 5.69 Å². The van der Waals surface area contributed by atoms with Gasteiger partial charge in [-0.05, 0) is 17.7 Å². The molecular formula is C19H21ClN2O2Si. The lowest BCUT2D eigenvalue weighted by Crippen LogP contribution is -2.16. The number of nitrogen functional groups attached to an aromatic ring is 1. The SMILES string of the molecule is COC(=O)c1ncc(CCl)c(N)c1-c1ccc(C#C[Si](C)(C)C)cc1. The third-order valence-electron chi connectivity index (χ3n) is 3.48. The summed E-state index contributed by atoms with van der Waals surface area (Å²) in [4.78, 5) is 16.2. The molecule has 0 unspecified atom stereocenters. The maximum atomic E-state index is 12.0. The van der Waals surface area contributed by atoms with E-state index in [4.69, 9.17) is 22.1 Å². The van der Waals surface area contributed by atoms with Crippen molar-refractivity contribution in [1.29, 1.82) is 0 Å². The highest BCUT2D eigenvalue weighted by Crippen LogP contribution is 2.32. The molecular weight excluding hydrogens is 352 g/mol. The Morgan fingerprint density at radius 3 is 2.44 bits per heavy atom. The fourth-order valence-electron chi connectivity index (χ4n) is 2.19. The highest BCUT2D eigenvalue weighted by atomic mass is 35.5. The number of esters is 1. The van der Waals surface area contributed by atoms with E-state index in [-0.39, 0.29) is 11.6 Å². The number of benzene rings is 1. The maximum Gasteiger partial charge on any atom is 0.357 e. The number of carbonyl (C=O) groups excluding carboxylic acids is 1. The smallest absolute Gasteiger partial charge is 0.357 e. The Labute approximate surface area is 154 Å². The Balaban J connectivity index is 2.53. The summed E-state index contributed by atoms with van der Waals surface area (Å²) in [6.45, 7) is 6.59. The first-order valence-corrected chi connectivity index (χ1v) is 11.9. The molecule has 1 heterocycles. The highest BCUT2D eigenvalue weighted by Gasteiger charge is 2.20. The first kappa shape index (κ1) is 19.0. The van der Waals surface area contributed by atoms with Crippen LogP contribution in [0.5, 0.6) is 0 Å². The summed E-state index contributed by atoms with van der Waals surface area (Å²) >= 11 is 5.92. The Hall–Kier alpha value is -2.29. The summed E-state index contributed by atoms with van der Waals surface area (Å²) in [6, 6.07) is 7.59. The first-order chi connectivity index (χ1) is 11.8. The van der Waals surface area contributed by atoms with E-state index < -0.39 is 14.0 Å². The van der Waals surface area contributed by atoms with E-state index in [9.17, 15) is 4.79 Å². The summed E-state index contributed by atoms with van der Waals surface area (Å²) in [7, 11) is -0.121. The molecule has 0 spiro atoms. The van der Waals surface area contributed by atoms with Crippen molar-refractivity contribution in [3.05, 3.63) is 47.3 Å². The molecule has 0 radical (unpaired) electrons. The number of hydrogen-bond acceptors (Lipinski definition) is 4. The number of methoxy groups -OCH3 is 1. The van der Waals surface area contributed by atoms with Crippen LogP contribution in [0, 0.1) is 11.5 Å². The normalized spacial score (nSPS) is 10.8. The number of alkyl halides is 1. The second-order valence-electron chi connectivity index (χ2n) is 6.62. The lowest BCUT2D eigenvalue weighted by molar-refractivity contribution is 0.0595. The van der Waals surface area contributed by atoms with Gasteiger partial charge in [-0.15, -0.1) is 17.1 Å². The van der Waals surface area contributed by atoms with Crippen molar-refractivity contribution < 1.29 is 9.53 Å². The van der Waals surface area contributed by atoms with Gasteiger partial charge >= 0.3 is 5.97 Å². The molecule has 0 saturated heterocycles. The predicted molar refractivity (Wildman–Crippen MR) is 105 cm³/mol. The van der Waals surface area contributed by atoms with E-state index in [1.54, 1.807) is 0 Å². The number of pyridine rings is 1. The molecule has 0 aliphatic heterocycles. The topological polar surface area (TPSA) is 65.2 Å². The Kier molecular flexibility index (Phi) is 5.88. The van der Waals surface area contributed by atoms with Gasteiger partial charge in [-0.3, -0.25) is 0 Å². The van der Waals surface area contributed by atoms with Crippen LogP contribution in [0.4, 0.5) is 5.69 Å². The number of anilines is 1. The fourth-order valence-corrected chi connectivity index (χ4v) is 2.93. The van der Waals surface area contributed by atoms with Crippen LogP contribution in [0.15, 0.2) is 30.5 Å². The van der Waals surface area contributed by atoms with E-state index in [1.165, 1.54) is 13.3 Å². The summed E-state index contributed by atoms with van der Waals surface area (Å²) in [5.41, 5.74) is 13.1. The van der Waals surface area contributed by atoms with Crippen LogP contribution in [0.3, 0.4) is 0 Å². The summed E-state index contributed by atoms with van der Waals surface area (Å²) in [5, 5.41) is 0. The minimum absolute atomic E-state index is 0.176. The van der Waals surface area contributed by atoms with Crippen molar-refractivity contribution in [1.82, 2.24) is 4.98 Å². The molecule has 25 heavy (non-hydrogen) atoms. The molecule has 0 aliphatic carbocycles. The average molecular weight is 373 g/mol. The zero-order chi connectivity index (χ0) is 18.6. The first-order valence-electron chi connectivity index (χ1n) is 7.82. The van der Waals surface area contributed by atoms with Crippen LogP contribution < -0.4 is 5.73 Å². The van der Waals surface area contributed by atoms with Crippen molar-refractivity contribution in [2.75, 3.05) is 12.8 Å². The van der Waals surface area contributed by atoms with E-state index >= 15 is 0 Å². The van der Waals surface area contributed by atoms with Gasteiger partial charge in [0.2, 0.25) is 0 Å². The summed E-state index contributed by atoms with van der Waals surface area (Å²) in [5.74, 6) is 2.88. The lowest BCUT2D eigenvalue weighted by atomic mass is 9.98. The van der Waals surface area contributed by atoms with Crippen molar-refractivity contribution in [2.24, 2.45) is 0 Å². The minimum Gasteiger partial charge on any atom is -0.464 e. The monoisotopic (exact) mass is 372 g/mol. The van der Waals surface area contributed by atoms with Crippen LogP contribution in [0.25, 0.3) is 11.1 Å². The van der Waals surface area contributed by atoms with Gasteiger partial charge in [0, 0.05) is 28.6 Å². The standard InChI is InChI=1S/C19H21ClN2O2Si/c1-24-19(23)18-16(17(21)15(11-20)12-22-18)14-7-5-13(6-8-14)9-10-25(2,3)4/h5-8,12H,11H2,1-4H3,(H2,21,22). The number of nitrogens with two attached hydrogens (primary N) is 1. The van der Waals surface area contributed by atoms with Crippen LogP contribution >= 0.6 is 11.6 Å². The van der Waals surface area contributed by atoms with Gasteiger partial charge in [-0.1, -0.05) is 37.7 Å². The van der Waals surface area contributed by atoms with Crippen molar-refractivity contribution >= 4 is 31.3 Å². The number of ether oxygens (including phenoxy) is 1. The molecule has 0 atom stereocenters. The average Bonchev–Trinajstić information content (AvgIpc) is 2.59. The largest absolute Gasteiger partial charge is 0.464 e. The third-order valence-corrected chi connectivity index (χ3v) is 4.64. The van der Waals surface area contributed by atoms with E-state index in [0.29, 0.717) is 16.8 Å². The van der Waals surface area contributed by atoms with Crippen LogP contribution in [-0.4, -0.2) is 26.1 Å². The van der Waals surface area contributed by atoms with Gasteiger partial charge < -0.3 is 10.5 Å². The lowest BCUT2D eigenvalue weighted by Gasteiger charge is -2.13. The van der Waals surface area contributed by atoms with Crippen molar-refractivity contribution in [2.45, 2.75) is 25.5 Å². The molecule has 130 valence electrons. The van der Waals surface area contributed by atoms with E-state index in [2.05, 4.69) is 36.1 Å². The minimum atomic E-state index is -1.43. The molecule has 0 fully saturated rings. The van der Waals surface area contributed by atoms with E-state index in [0.717, 1.165) is 11.1 Å². The molecule has 0 amide bonds. The number of carbonyl (C=O) groups is 1. The van der Waals surface area contributed by atoms with Crippen molar-refractivity contribution in [3.8, 4) is 22.6 Å². The predicted octanol–water partition coefficient (Wildman–Crippen LogP) is 4.09. The molecule has 1 aromatic heterocycles. The van der Waals surface area contributed by atoms with Crippen LogP contribution in [-0.2, 0) is 10.6 Å². The highest BCUT2D eigenvalue weighted by molar-refractivity contribution is 6.83. The summed E-state index contributed by atoms with van der Waals surface area (Å²) in [6.07, 6.45) is 1.51. The molecule has 2 aromatic rings. The Morgan fingerprint density at radius 1 is 1.28 bits per heavy atom. The van der Waals surface area contributed by atoms with Crippen molar-refractivity contribution in [3.63, 3.8) is 0 Å². The molecule has 4 nitrogen and oxygen atoms in total. The number of aromatic nitrogens is 1. The third kappa shape index (κ3) is 4.62. The van der Waals surface area contributed by atoms with Gasteiger partial charge in [0.1, 0.15) is 8.07 Å². The van der Waals surface area contributed by atoms with Crippen LogP contribution in [0.2, 0.25) is 19.6 Å². The Morgan fingerprint density at radius 2 is 1.92 bits per heavy atom. The van der Waals surface area contributed by atoms with E-state index in [1.807, 2.05) is 24.3 Å². The van der Waals surface area contributed by atoms with Crippen LogP contribution in [0.1, 0.15) is 21.6 Å².